The summed E-state index contributed by atoms with van der Waals surface area (Å²) in [6.45, 7) is 3.77. The summed E-state index contributed by atoms with van der Waals surface area (Å²) in [5.74, 6) is -0.309. The van der Waals surface area contributed by atoms with E-state index in [0.29, 0.717) is 37.8 Å². The van der Waals surface area contributed by atoms with Crippen LogP contribution in [0, 0.1) is 6.92 Å². The van der Waals surface area contributed by atoms with Crippen LogP contribution in [0.1, 0.15) is 32.6 Å². The normalized spacial score (nSPS) is 10.4. The number of nitrogens with one attached hydrogen (secondary N) is 2. The molecule has 3 aromatic heterocycles. The van der Waals surface area contributed by atoms with Gasteiger partial charge in [-0.25, -0.2) is 14.8 Å². The van der Waals surface area contributed by atoms with Crippen LogP contribution in [0.3, 0.4) is 0 Å². The Morgan fingerprint density at radius 3 is 2.71 bits per heavy atom. The summed E-state index contributed by atoms with van der Waals surface area (Å²) in [5, 5.41) is 6.83. The molecule has 0 unspecified atom stereocenters. The number of anilines is 3. The average Bonchev–Trinajstić information content (AvgIpc) is 3.30. The minimum absolute atomic E-state index is 0.290. The summed E-state index contributed by atoms with van der Waals surface area (Å²) in [7, 11) is 1.52. The maximum absolute atomic E-state index is 12.7. The molecule has 0 radical (unpaired) electrons. The van der Waals surface area contributed by atoms with Gasteiger partial charge in [-0.15, -0.1) is 0 Å². The molecular formula is C17H17N5O4S2. The molecule has 0 saturated heterocycles. The van der Waals surface area contributed by atoms with Crippen molar-refractivity contribution in [2.45, 2.75) is 13.8 Å². The van der Waals surface area contributed by atoms with Crippen molar-refractivity contribution in [3.63, 3.8) is 0 Å². The van der Waals surface area contributed by atoms with Crippen LogP contribution in [0.2, 0.25) is 0 Å². The van der Waals surface area contributed by atoms with Crippen LogP contribution in [-0.2, 0) is 4.74 Å². The number of nitrogens with zero attached hydrogens (tertiary/aromatic N) is 3. The lowest BCUT2D eigenvalue weighted by Crippen LogP contribution is -2.14. The van der Waals surface area contributed by atoms with Crippen LogP contribution in [0.5, 0.6) is 5.88 Å². The molecule has 0 aromatic carbocycles. The number of hydrogen-bond acceptors (Lipinski definition) is 10. The Hall–Kier alpha value is -3.05. The Morgan fingerprint density at radius 2 is 2.04 bits per heavy atom. The molecule has 1 amide bonds. The quantitative estimate of drug-likeness (QED) is 0.559. The molecule has 0 spiro atoms. The van der Waals surface area contributed by atoms with E-state index in [2.05, 4.69) is 25.0 Å². The maximum Gasteiger partial charge on any atom is 0.350 e. The minimum atomic E-state index is -0.432. The van der Waals surface area contributed by atoms with Crippen molar-refractivity contribution in [3.8, 4) is 5.88 Å². The number of rotatable bonds is 7. The van der Waals surface area contributed by atoms with Gasteiger partial charge in [0.1, 0.15) is 9.88 Å². The van der Waals surface area contributed by atoms with Crippen LogP contribution < -0.4 is 15.4 Å². The second kappa shape index (κ2) is 8.76. The van der Waals surface area contributed by atoms with E-state index in [1.54, 1.807) is 26.0 Å². The zero-order valence-corrected chi connectivity index (χ0v) is 16.9. The molecule has 3 aromatic rings. The first kappa shape index (κ1) is 19.7. The van der Waals surface area contributed by atoms with E-state index < -0.39 is 5.97 Å². The molecule has 0 aliphatic rings. The van der Waals surface area contributed by atoms with Gasteiger partial charge >= 0.3 is 5.97 Å². The highest BCUT2D eigenvalue weighted by molar-refractivity contribution is 7.18. The molecule has 11 heteroatoms. The highest BCUT2D eigenvalue weighted by atomic mass is 32.1. The fourth-order valence-corrected chi connectivity index (χ4v) is 3.79. The number of carbonyl (C=O) groups is 2. The first-order chi connectivity index (χ1) is 13.5. The van der Waals surface area contributed by atoms with Crippen LogP contribution in [0.4, 0.5) is 15.8 Å². The van der Waals surface area contributed by atoms with Gasteiger partial charge in [-0.3, -0.25) is 4.79 Å². The fourth-order valence-electron chi connectivity index (χ4n) is 2.22. The lowest BCUT2D eigenvalue weighted by atomic mass is 10.2. The minimum Gasteiger partial charge on any atom is -0.481 e. The Balaban J connectivity index is 1.75. The predicted octanol–water partition coefficient (Wildman–Crippen LogP) is 3.48. The van der Waals surface area contributed by atoms with E-state index in [9.17, 15) is 9.59 Å². The molecule has 9 nitrogen and oxygen atoms in total. The number of thiazole rings is 1. The zero-order chi connectivity index (χ0) is 20.1. The first-order valence-electron chi connectivity index (χ1n) is 8.19. The Bertz CT molecular complexity index is 984. The molecule has 146 valence electrons. The van der Waals surface area contributed by atoms with Crippen molar-refractivity contribution in [2.75, 3.05) is 24.4 Å². The van der Waals surface area contributed by atoms with Gasteiger partial charge in [0.25, 0.3) is 5.91 Å². The molecule has 28 heavy (non-hydrogen) atoms. The maximum atomic E-state index is 12.7. The second-order valence-electron chi connectivity index (χ2n) is 5.39. The highest BCUT2D eigenvalue weighted by Crippen LogP contribution is 2.31. The van der Waals surface area contributed by atoms with Gasteiger partial charge in [-0.1, -0.05) is 11.3 Å². The van der Waals surface area contributed by atoms with Crippen LogP contribution in [0.15, 0.2) is 24.5 Å². The number of pyridine rings is 1. The van der Waals surface area contributed by atoms with Gasteiger partial charge in [0.2, 0.25) is 5.88 Å². The van der Waals surface area contributed by atoms with Gasteiger partial charge in [-0.05, 0) is 31.4 Å². The third-order valence-electron chi connectivity index (χ3n) is 3.50. The van der Waals surface area contributed by atoms with E-state index in [1.165, 1.54) is 19.5 Å². The van der Waals surface area contributed by atoms with Crippen LogP contribution in [0.25, 0.3) is 0 Å². The third-order valence-corrected chi connectivity index (χ3v) is 5.24. The zero-order valence-electron chi connectivity index (χ0n) is 15.3. The molecule has 0 atom stereocenters. The van der Waals surface area contributed by atoms with Gasteiger partial charge in [-0.2, -0.15) is 4.37 Å². The van der Waals surface area contributed by atoms with Crippen molar-refractivity contribution in [1.29, 1.82) is 0 Å². The van der Waals surface area contributed by atoms with Crippen molar-refractivity contribution in [3.05, 3.63) is 40.7 Å². The van der Waals surface area contributed by atoms with Gasteiger partial charge < -0.3 is 20.1 Å². The summed E-state index contributed by atoms with van der Waals surface area (Å²) in [6.07, 6.45) is 2.94. The van der Waals surface area contributed by atoms with Crippen LogP contribution in [-0.4, -0.2) is 39.9 Å². The molecule has 0 aliphatic heterocycles. The largest absolute Gasteiger partial charge is 0.481 e. The summed E-state index contributed by atoms with van der Waals surface area (Å²) in [4.78, 5) is 33.1. The van der Waals surface area contributed by atoms with E-state index in [0.717, 1.165) is 22.9 Å². The summed E-state index contributed by atoms with van der Waals surface area (Å²) < 4.78 is 14.2. The van der Waals surface area contributed by atoms with Crippen molar-refractivity contribution in [2.24, 2.45) is 0 Å². The van der Waals surface area contributed by atoms with E-state index in [1.807, 2.05) is 0 Å². The van der Waals surface area contributed by atoms with Crippen LogP contribution >= 0.6 is 22.9 Å². The van der Waals surface area contributed by atoms with Crippen molar-refractivity contribution < 1.29 is 19.1 Å². The molecule has 3 rings (SSSR count). The molecule has 0 aliphatic carbocycles. The SMILES string of the molecule is CCOC(=O)c1cnc(Nc2snc(C)c2C(=O)Nc2ccc(OC)nc2)s1. The third kappa shape index (κ3) is 4.43. The standard InChI is InChI=1S/C17H17N5O4S2/c1-4-26-16(24)11-8-19-17(27-11)21-15-13(9(2)22-28-15)14(23)20-10-5-6-12(25-3)18-7-10/h5-8H,4H2,1-3H3,(H,19,21)(H,20,23). The molecule has 0 fully saturated rings. The van der Waals surface area contributed by atoms with E-state index >= 15 is 0 Å². The monoisotopic (exact) mass is 419 g/mol. The summed E-state index contributed by atoms with van der Waals surface area (Å²) >= 11 is 2.28. The van der Waals surface area contributed by atoms with Crippen molar-refractivity contribution >= 4 is 50.6 Å². The first-order valence-corrected chi connectivity index (χ1v) is 9.78. The highest BCUT2D eigenvalue weighted by Gasteiger charge is 2.20. The fraction of sp³-hybridized carbons (Fsp3) is 0.235. The predicted molar refractivity (Wildman–Crippen MR) is 107 cm³/mol. The number of esters is 1. The summed E-state index contributed by atoms with van der Waals surface area (Å²) in [6, 6.07) is 3.35. The molecule has 0 bridgehead atoms. The number of methoxy groups -OCH3 is 1. The lowest BCUT2D eigenvalue weighted by Gasteiger charge is -2.07. The number of amides is 1. The van der Waals surface area contributed by atoms with E-state index in [4.69, 9.17) is 9.47 Å². The lowest BCUT2D eigenvalue weighted by molar-refractivity contribution is 0.0531. The number of carbonyl (C=O) groups excluding carboxylic acids is 2. The Labute approximate surface area is 168 Å². The van der Waals surface area contributed by atoms with Crippen molar-refractivity contribution in [1.82, 2.24) is 14.3 Å². The number of aryl methyl sites for hydroxylation is 1. The molecular weight excluding hydrogens is 402 g/mol. The second-order valence-corrected chi connectivity index (χ2v) is 7.19. The number of ether oxygens (including phenoxy) is 2. The van der Waals surface area contributed by atoms with Gasteiger partial charge in [0.15, 0.2) is 5.13 Å². The molecule has 2 N–H and O–H groups in total. The Morgan fingerprint density at radius 1 is 1.21 bits per heavy atom. The Kier molecular flexibility index (Phi) is 6.16. The average molecular weight is 419 g/mol. The number of hydrogen-bond donors (Lipinski definition) is 2. The molecule has 3 heterocycles. The van der Waals surface area contributed by atoms with E-state index in [-0.39, 0.29) is 12.5 Å². The topological polar surface area (TPSA) is 115 Å². The number of aromatic nitrogens is 3. The van der Waals surface area contributed by atoms with Gasteiger partial charge in [0.05, 0.1) is 43.1 Å². The summed E-state index contributed by atoms with van der Waals surface area (Å²) in [5.41, 5.74) is 1.50. The smallest absolute Gasteiger partial charge is 0.350 e. The molecule has 0 saturated carbocycles. The van der Waals surface area contributed by atoms with Gasteiger partial charge in [0, 0.05) is 6.07 Å².